The van der Waals surface area contributed by atoms with Gasteiger partial charge in [0.2, 0.25) is 0 Å². The van der Waals surface area contributed by atoms with E-state index in [9.17, 15) is 14.7 Å². The molecule has 5 heteroatoms. The summed E-state index contributed by atoms with van der Waals surface area (Å²) in [6, 6.07) is 4.60. The zero-order valence-corrected chi connectivity index (χ0v) is 8.56. The van der Waals surface area contributed by atoms with E-state index in [4.69, 9.17) is 9.47 Å². The molecule has 0 aliphatic carbocycles. The molecule has 0 aromatic heterocycles. The van der Waals surface area contributed by atoms with Crippen molar-refractivity contribution in [2.24, 2.45) is 0 Å². The maximum Gasteiger partial charge on any atom is 0.172 e. The molecule has 16 heavy (non-hydrogen) atoms. The lowest BCUT2D eigenvalue weighted by molar-refractivity contribution is -0.315. The average molecular weight is 221 g/mol. The van der Waals surface area contributed by atoms with E-state index in [-0.39, 0.29) is 12.4 Å². The number of ether oxygens (including phenoxy) is 2. The van der Waals surface area contributed by atoms with Crippen LogP contribution in [0, 0.1) is 0 Å². The summed E-state index contributed by atoms with van der Waals surface area (Å²) in [6.45, 7) is 1.33. The van der Waals surface area contributed by atoms with Crippen molar-refractivity contribution in [3.63, 3.8) is 0 Å². The number of rotatable bonds is 2. The molecular weight excluding hydrogens is 212 g/mol. The summed E-state index contributed by atoms with van der Waals surface area (Å²) in [5.74, 6) is -0.717. The number of aliphatic carboxylic acids is 1. The molecule has 1 aliphatic heterocycles. The summed E-state index contributed by atoms with van der Waals surface area (Å²) in [7, 11) is 0. The van der Waals surface area contributed by atoms with Crippen LogP contribution >= 0.6 is 0 Å². The molecule has 2 rings (SSSR count). The molecule has 1 aromatic rings. The maximum absolute atomic E-state index is 11.1. The molecule has 0 saturated heterocycles. The number of fused-ring (bicyclic) bond motifs is 1. The Morgan fingerprint density at radius 2 is 2.12 bits per heavy atom. The Balaban J connectivity index is 2.29. The number of hydrogen-bond donors (Lipinski definition) is 0. The van der Waals surface area contributed by atoms with Gasteiger partial charge in [0.15, 0.2) is 23.4 Å². The third-order valence-corrected chi connectivity index (χ3v) is 2.27. The Morgan fingerprint density at radius 3 is 2.75 bits per heavy atom. The predicted molar refractivity (Wildman–Crippen MR) is 51.4 cm³/mol. The first kappa shape index (κ1) is 10.5. The highest BCUT2D eigenvalue weighted by Gasteiger charge is 2.22. The molecule has 0 bridgehead atoms. The molecule has 0 saturated carbocycles. The first-order valence-electron chi connectivity index (χ1n) is 4.73. The summed E-state index contributed by atoms with van der Waals surface area (Å²) in [5, 5.41) is 10.6. The van der Waals surface area contributed by atoms with Gasteiger partial charge in [-0.2, -0.15) is 0 Å². The van der Waals surface area contributed by atoms with E-state index in [0.29, 0.717) is 17.1 Å². The number of carbonyl (C=O) groups excluding carboxylic acids is 2. The van der Waals surface area contributed by atoms with Crippen LogP contribution in [0.25, 0.3) is 0 Å². The number of carboxylic acid groups (broad SMARTS) is 1. The van der Waals surface area contributed by atoms with Gasteiger partial charge in [-0.3, -0.25) is 4.79 Å². The fourth-order valence-electron chi connectivity index (χ4n) is 1.41. The SMILES string of the molecule is CC(=O)c1ccc2c(c1)OCC(C(=O)[O-])O2. The minimum Gasteiger partial charge on any atom is -0.546 e. The molecule has 0 fully saturated rings. The van der Waals surface area contributed by atoms with Crippen molar-refractivity contribution < 1.29 is 24.2 Å². The third-order valence-electron chi connectivity index (χ3n) is 2.27. The Hall–Kier alpha value is -2.04. The van der Waals surface area contributed by atoms with Gasteiger partial charge in [-0.1, -0.05) is 0 Å². The molecule has 1 aromatic carbocycles. The Labute approximate surface area is 91.6 Å². The quantitative estimate of drug-likeness (QED) is 0.645. The van der Waals surface area contributed by atoms with Crippen LogP contribution < -0.4 is 14.6 Å². The fourth-order valence-corrected chi connectivity index (χ4v) is 1.41. The summed E-state index contributed by atoms with van der Waals surface area (Å²) >= 11 is 0. The molecule has 1 aliphatic rings. The van der Waals surface area contributed by atoms with Gasteiger partial charge in [0.1, 0.15) is 6.61 Å². The van der Waals surface area contributed by atoms with Crippen LogP contribution in [-0.2, 0) is 4.79 Å². The monoisotopic (exact) mass is 221 g/mol. The number of carboxylic acids is 1. The molecule has 1 atom stereocenters. The molecule has 1 heterocycles. The molecule has 0 spiro atoms. The summed E-state index contributed by atoms with van der Waals surface area (Å²) in [5.41, 5.74) is 0.495. The predicted octanol–water partition coefficient (Wildman–Crippen LogP) is -0.221. The molecule has 5 nitrogen and oxygen atoms in total. The van der Waals surface area contributed by atoms with Gasteiger partial charge in [0.25, 0.3) is 0 Å². The fraction of sp³-hybridized carbons (Fsp3) is 0.273. The maximum atomic E-state index is 11.1. The van der Waals surface area contributed by atoms with E-state index >= 15 is 0 Å². The summed E-state index contributed by atoms with van der Waals surface area (Å²) < 4.78 is 10.3. The van der Waals surface area contributed by atoms with Gasteiger partial charge in [-0.25, -0.2) is 0 Å². The molecule has 0 N–H and O–H groups in total. The second-order valence-electron chi connectivity index (χ2n) is 3.45. The van der Waals surface area contributed by atoms with Crippen molar-refractivity contribution in [2.45, 2.75) is 13.0 Å². The largest absolute Gasteiger partial charge is 0.546 e. The smallest absolute Gasteiger partial charge is 0.172 e. The second kappa shape index (κ2) is 3.84. The van der Waals surface area contributed by atoms with Gasteiger partial charge >= 0.3 is 0 Å². The van der Waals surface area contributed by atoms with Crippen LogP contribution in [0.2, 0.25) is 0 Å². The number of benzene rings is 1. The Kier molecular flexibility index (Phi) is 2.52. The van der Waals surface area contributed by atoms with Gasteiger partial charge < -0.3 is 19.4 Å². The van der Waals surface area contributed by atoms with E-state index in [1.54, 1.807) is 6.07 Å². The van der Waals surface area contributed by atoms with Crippen molar-refractivity contribution in [2.75, 3.05) is 6.61 Å². The lowest BCUT2D eigenvalue weighted by Crippen LogP contribution is -2.45. The van der Waals surface area contributed by atoms with E-state index in [0.717, 1.165) is 0 Å². The van der Waals surface area contributed by atoms with Gasteiger partial charge in [0.05, 0.1) is 5.97 Å². The van der Waals surface area contributed by atoms with Crippen molar-refractivity contribution in [1.29, 1.82) is 0 Å². The topological polar surface area (TPSA) is 75.7 Å². The van der Waals surface area contributed by atoms with Crippen LogP contribution in [0.4, 0.5) is 0 Å². The molecule has 84 valence electrons. The Morgan fingerprint density at radius 1 is 1.38 bits per heavy atom. The van der Waals surface area contributed by atoms with Crippen LogP contribution in [0.15, 0.2) is 18.2 Å². The highest BCUT2D eigenvalue weighted by molar-refractivity contribution is 5.94. The minimum absolute atomic E-state index is 0.0894. The second-order valence-corrected chi connectivity index (χ2v) is 3.45. The van der Waals surface area contributed by atoms with E-state index < -0.39 is 12.1 Å². The minimum atomic E-state index is -1.32. The Bertz CT molecular complexity index is 452. The van der Waals surface area contributed by atoms with Crippen molar-refractivity contribution in [1.82, 2.24) is 0 Å². The zero-order valence-electron chi connectivity index (χ0n) is 8.56. The highest BCUT2D eigenvalue weighted by Crippen LogP contribution is 2.32. The average Bonchev–Trinajstić information content (AvgIpc) is 2.27. The molecule has 1 unspecified atom stereocenters. The molecule has 0 radical (unpaired) electrons. The van der Waals surface area contributed by atoms with E-state index in [1.807, 2.05) is 0 Å². The highest BCUT2D eigenvalue weighted by atomic mass is 16.6. The lowest BCUT2D eigenvalue weighted by atomic mass is 10.1. The zero-order chi connectivity index (χ0) is 11.7. The number of hydrogen-bond acceptors (Lipinski definition) is 5. The number of carbonyl (C=O) groups is 2. The number of ketones is 1. The normalized spacial score (nSPS) is 17.9. The van der Waals surface area contributed by atoms with Crippen molar-refractivity contribution in [3.05, 3.63) is 23.8 Å². The van der Waals surface area contributed by atoms with E-state index in [2.05, 4.69) is 0 Å². The van der Waals surface area contributed by atoms with Crippen LogP contribution in [-0.4, -0.2) is 24.5 Å². The van der Waals surface area contributed by atoms with Gasteiger partial charge in [0, 0.05) is 5.56 Å². The van der Waals surface area contributed by atoms with Crippen molar-refractivity contribution in [3.8, 4) is 11.5 Å². The summed E-state index contributed by atoms with van der Waals surface area (Å²) in [6.07, 6.45) is -1.10. The van der Waals surface area contributed by atoms with Gasteiger partial charge in [-0.05, 0) is 25.1 Å². The van der Waals surface area contributed by atoms with Gasteiger partial charge in [-0.15, -0.1) is 0 Å². The molecular formula is C11H9O5-. The van der Waals surface area contributed by atoms with Crippen molar-refractivity contribution >= 4 is 11.8 Å². The third kappa shape index (κ3) is 1.84. The van der Waals surface area contributed by atoms with Crippen LogP contribution in [0.3, 0.4) is 0 Å². The molecule has 0 amide bonds. The van der Waals surface area contributed by atoms with Crippen LogP contribution in [0.5, 0.6) is 11.5 Å². The standard InChI is InChI=1S/C11H10O5/c1-6(12)7-2-3-8-9(4-7)15-5-10(16-8)11(13)14/h2-4,10H,5H2,1H3,(H,13,14)/p-1. The first-order valence-corrected chi connectivity index (χ1v) is 4.73. The van der Waals surface area contributed by atoms with Crippen LogP contribution in [0.1, 0.15) is 17.3 Å². The number of Topliss-reactive ketones (excluding diaryl/α,β-unsaturated/α-hetero) is 1. The first-order chi connectivity index (χ1) is 7.58. The van der Waals surface area contributed by atoms with E-state index in [1.165, 1.54) is 19.1 Å². The summed E-state index contributed by atoms with van der Waals surface area (Å²) in [4.78, 5) is 21.7. The lowest BCUT2D eigenvalue weighted by Gasteiger charge is -2.27.